The van der Waals surface area contributed by atoms with Crippen molar-refractivity contribution in [3.8, 4) is 0 Å². The lowest BCUT2D eigenvalue weighted by Crippen LogP contribution is -2.26. The first kappa shape index (κ1) is 15.2. The standard InChI is InChI=1S/C13H21FN4O/c1-17(2)7-4-8-18(3)12-6-5-10(14)9-11(12)13(15)16-19/h5-6,9,19H,4,7-8H2,1-3H3,(H2,15,16). The van der Waals surface area contributed by atoms with Crippen LogP contribution in [0.3, 0.4) is 0 Å². The number of halogens is 1. The van der Waals surface area contributed by atoms with Crippen molar-refractivity contribution in [2.75, 3.05) is 39.1 Å². The van der Waals surface area contributed by atoms with Crippen LogP contribution in [0, 0.1) is 5.82 Å². The Morgan fingerprint density at radius 1 is 1.32 bits per heavy atom. The molecule has 0 bridgehead atoms. The summed E-state index contributed by atoms with van der Waals surface area (Å²) in [5, 5.41) is 11.7. The van der Waals surface area contributed by atoms with Gasteiger partial charge in [0.2, 0.25) is 0 Å². The molecule has 1 aromatic carbocycles. The van der Waals surface area contributed by atoms with Gasteiger partial charge in [0.25, 0.3) is 0 Å². The van der Waals surface area contributed by atoms with Gasteiger partial charge < -0.3 is 20.7 Å². The summed E-state index contributed by atoms with van der Waals surface area (Å²) in [6.45, 7) is 1.76. The van der Waals surface area contributed by atoms with E-state index in [4.69, 9.17) is 10.9 Å². The van der Waals surface area contributed by atoms with E-state index in [9.17, 15) is 4.39 Å². The summed E-state index contributed by atoms with van der Waals surface area (Å²) in [6, 6.07) is 4.27. The highest BCUT2D eigenvalue weighted by Crippen LogP contribution is 2.20. The van der Waals surface area contributed by atoms with Gasteiger partial charge >= 0.3 is 0 Å². The first-order valence-corrected chi connectivity index (χ1v) is 6.09. The number of nitrogens with zero attached hydrogens (tertiary/aromatic N) is 3. The van der Waals surface area contributed by atoms with Gasteiger partial charge in [-0.1, -0.05) is 5.16 Å². The van der Waals surface area contributed by atoms with Gasteiger partial charge in [-0.3, -0.25) is 0 Å². The molecule has 0 saturated carbocycles. The van der Waals surface area contributed by atoms with Gasteiger partial charge in [0, 0.05) is 24.8 Å². The Hall–Kier alpha value is -1.82. The van der Waals surface area contributed by atoms with Crippen molar-refractivity contribution >= 4 is 11.5 Å². The fraction of sp³-hybridized carbons (Fsp3) is 0.462. The highest BCUT2D eigenvalue weighted by Gasteiger charge is 2.12. The zero-order chi connectivity index (χ0) is 14.4. The van der Waals surface area contributed by atoms with Crippen LogP contribution in [0.1, 0.15) is 12.0 Å². The van der Waals surface area contributed by atoms with Crippen LogP contribution in [0.5, 0.6) is 0 Å². The van der Waals surface area contributed by atoms with Crippen molar-refractivity contribution < 1.29 is 9.60 Å². The number of hydrogen-bond acceptors (Lipinski definition) is 4. The molecule has 106 valence electrons. The zero-order valence-corrected chi connectivity index (χ0v) is 11.6. The van der Waals surface area contributed by atoms with Crippen molar-refractivity contribution in [3.63, 3.8) is 0 Å². The Labute approximate surface area is 113 Å². The summed E-state index contributed by atoms with van der Waals surface area (Å²) in [4.78, 5) is 4.07. The van der Waals surface area contributed by atoms with Crippen LogP contribution in [0.25, 0.3) is 0 Å². The van der Waals surface area contributed by atoms with Crippen LogP contribution in [-0.4, -0.2) is 50.2 Å². The largest absolute Gasteiger partial charge is 0.409 e. The third-order valence-electron chi connectivity index (χ3n) is 2.85. The van der Waals surface area contributed by atoms with Gasteiger partial charge in [-0.15, -0.1) is 0 Å². The van der Waals surface area contributed by atoms with Gasteiger partial charge in [0.05, 0.1) is 0 Å². The molecule has 0 spiro atoms. The maximum atomic E-state index is 13.2. The molecule has 0 fully saturated rings. The molecule has 0 unspecified atom stereocenters. The molecular formula is C13H21FN4O. The van der Waals surface area contributed by atoms with Crippen LogP contribution >= 0.6 is 0 Å². The van der Waals surface area contributed by atoms with Crippen LogP contribution in [0.2, 0.25) is 0 Å². The lowest BCUT2D eigenvalue weighted by molar-refractivity contribution is 0.318. The fourth-order valence-electron chi connectivity index (χ4n) is 1.84. The van der Waals surface area contributed by atoms with Crippen LogP contribution in [-0.2, 0) is 0 Å². The number of amidine groups is 1. The van der Waals surface area contributed by atoms with Gasteiger partial charge in [-0.25, -0.2) is 4.39 Å². The molecular weight excluding hydrogens is 247 g/mol. The molecule has 0 aliphatic carbocycles. The smallest absolute Gasteiger partial charge is 0.172 e. The number of hydrogen-bond donors (Lipinski definition) is 2. The second-order valence-electron chi connectivity index (χ2n) is 4.73. The minimum Gasteiger partial charge on any atom is -0.409 e. The number of oxime groups is 1. The molecule has 0 saturated heterocycles. The van der Waals surface area contributed by atoms with Crippen LogP contribution < -0.4 is 10.6 Å². The zero-order valence-electron chi connectivity index (χ0n) is 11.6. The molecule has 0 heterocycles. The molecule has 0 aliphatic rings. The molecule has 0 atom stereocenters. The maximum absolute atomic E-state index is 13.2. The molecule has 0 aromatic heterocycles. The minimum atomic E-state index is -0.410. The Kier molecular flexibility index (Phi) is 5.57. The SMILES string of the molecule is CN(C)CCCN(C)c1ccc(F)cc1C(N)=NO. The molecule has 0 radical (unpaired) electrons. The third kappa shape index (κ3) is 4.40. The topological polar surface area (TPSA) is 65.1 Å². The summed E-state index contributed by atoms with van der Waals surface area (Å²) in [5.41, 5.74) is 6.72. The van der Waals surface area contributed by atoms with E-state index >= 15 is 0 Å². The number of anilines is 1. The molecule has 1 aromatic rings. The highest BCUT2D eigenvalue weighted by molar-refractivity contribution is 6.02. The first-order valence-electron chi connectivity index (χ1n) is 6.09. The second-order valence-corrected chi connectivity index (χ2v) is 4.73. The first-order chi connectivity index (χ1) is 8.95. The van der Waals surface area contributed by atoms with E-state index in [2.05, 4.69) is 10.1 Å². The van der Waals surface area contributed by atoms with Gasteiger partial charge in [0.15, 0.2) is 5.84 Å². The van der Waals surface area contributed by atoms with Crippen molar-refractivity contribution in [2.45, 2.75) is 6.42 Å². The summed E-state index contributed by atoms with van der Waals surface area (Å²) < 4.78 is 13.2. The molecule has 5 nitrogen and oxygen atoms in total. The van der Waals surface area contributed by atoms with E-state index in [1.54, 1.807) is 6.07 Å². The molecule has 0 aliphatic heterocycles. The third-order valence-corrected chi connectivity index (χ3v) is 2.85. The molecule has 6 heteroatoms. The quantitative estimate of drug-likeness (QED) is 0.353. The van der Waals surface area contributed by atoms with Crippen molar-refractivity contribution in [1.29, 1.82) is 0 Å². The lowest BCUT2D eigenvalue weighted by Gasteiger charge is -2.23. The lowest BCUT2D eigenvalue weighted by atomic mass is 10.1. The highest BCUT2D eigenvalue weighted by atomic mass is 19.1. The Morgan fingerprint density at radius 2 is 2.00 bits per heavy atom. The van der Waals surface area contributed by atoms with E-state index in [-0.39, 0.29) is 5.84 Å². The van der Waals surface area contributed by atoms with E-state index in [0.717, 1.165) is 25.2 Å². The van der Waals surface area contributed by atoms with E-state index in [0.29, 0.717) is 5.56 Å². The summed E-state index contributed by atoms with van der Waals surface area (Å²) in [6.07, 6.45) is 0.969. The Bertz CT molecular complexity index is 448. The Morgan fingerprint density at radius 3 is 2.58 bits per heavy atom. The normalized spacial score (nSPS) is 11.9. The summed E-state index contributed by atoms with van der Waals surface area (Å²) in [7, 11) is 5.93. The van der Waals surface area contributed by atoms with Crippen molar-refractivity contribution in [3.05, 3.63) is 29.6 Å². The fourth-order valence-corrected chi connectivity index (χ4v) is 1.84. The summed E-state index contributed by atoms with van der Waals surface area (Å²) in [5.74, 6) is -0.499. The molecule has 1 rings (SSSR count). The number of rotatable bonds is 6. The predicted octanol–water partition coefficient (Wildman–Crippen LogP) is 1.31. The minimum absolute atomic E-state index is 0.0889. The van der Waals surface area contributed by atoms with Gasteiger partial charge in [-0.2, -0.15) is 0 Å². The van der Waals surface area contributed by atoms with Gasteiger partial charge in [-0.05, 0) is 45.3 Å². The van der Waals surface area contributed by atoms with Crippen molar-refractivity contribution in [2.24, 2.45) is 10.9 Å². The van der Waals surface area contributed by atoms with E-state index < -0.39 is 5.82 Å². The Balaban J connectivity index is 2.87. The molecule has 0 amide bonds. The number of nitrogens with two attached hydrogens (primary N) is 1. The number of benzene rings is 1. The van der Waals surface area contributed by atoms with Crippen LogP contribution in [0.4, 0.5) is 10.1 Å². The average Bonchev–Trinajstić information content (AvgIpc) is 2.37. The summed E-state index contributed by atoms with van der Waals surface area (Å²) >= 11 is 0. The maximum Gasteiger partial charge on any atom is 0.172 e. The van der Waals surface area contributed by atoms with E-state index in [1.165, 1.54) is 12.1 Å². The average molecular weight is 268 g/mol. The second kappa shape index (κ2) is 6.94. The molecule has 3 N–H and O–H groups in total. The predicted molar refractivity (Wildman–Crippen MR) is 75.4 cm³/mol. The van der Waals surface area contributed by atoms with Gasteiger partial charge in [0.1, 0.15) is 5.82 Å². The van der Waals surface area contributed by atoms with Crippen LogP contribution in [0.15, 0.2) is 23.4 Å². The van der Waals surface area contributed by atoms with E-state index in [1.807, 2.05) is 26.0 Å². The van der Waals surface area contributed by atoms with Crippen molar-refractivity contribution in [1.82, 2.24) is 4.90 Å². The molecule has 19 heavy (non-hydrogen) atoms. The monoisotopic (exact) mass is 268 g/mol.